The van der Waals surface area contributed by atoms with Crippen LogP contribution in [0.15, 0.2) is 12.3 Å². The first-order valence-corrected chi connectivity index (χ1v) is 9.97. The Hall–Kier alpha value is -1.44. The molecule has 142 valence electrons. The molecule has 0 radical (unpaired) electrons. The van der Waals surface area contributed by atoms with Gasteiger partial charge in [0.15, 0.2) is 0 Å². The summed E-state index contributed by atoms with van der Waals surface area (Å²) in [4.78, 5) is 17.3. The summed E-state index contributed by atoms with van der Waals surface area (Å²) in [6, 6.07) is 2.34. The van der Waals surface area contributed by atoms with E-state index in [-0.39, 0.29) is 24.4 Å². The largest absolute Gasteiger partial charge is 0.336 e. The van der Waals surface area contributed by atoms with Crippen LogP contribution in [0.4, 0.5) is 0 Å². The van der Waals surface area contributed by atoms with Crippen molar-refractivity contribution in [3.05, 3.63) is 33.3 Å². The van der Waals surface area contributed by atoms with Crippen LogP contribution in [0.1, 0.15) is 58.0 Å². The lowest BCUT2D eigenvalue weighted by molar-refractivity contribution is 0.0676. The minimum Gasteiger partial charge on any atom is -0.336 e. The van der Waals surface area contributed by atoms with Gasteiger partial charge in [0.2, 0.25) is 0 Å². The molecular weight excluding hydrogens is 370 g/mol. The van der Waals surface area contributed by atoms with Gasteiger partial charge in [-0.05, 0) is 49.7 Å². The molecule has 1 amide bonds. The first kappa shape index (κ1) is 19.3. The van der Waals surface area contributed by atoms with Crippen LogP contribution < -0.4 is 5.73 Å². The number of nitrogens with zero attached hydrogens (tertiary/aromatic N) is 4. The standard InChI is InChI=1S/C18H25N5OS.ClH/c1-12-4-5-16-13(7-12)8-17(25-16)18(24)22-6-2-3-15(11-22)23-10-14(9-19)20-21-23;/h8,10,12,15H,2-7,9,11,19H2,1H3;1H. The number of rotatable bonds is 3. The highest BCUT2D eigenvalue weighted by molar-refractivity contribution is 7.14. The minimum atomic E-state index is 0. The third kappa shape index (κ3) is 3.80. The molecule has 4 rings (SSSR count). The summed E-state index contributed by atoms with van der Waals surface area (Å²) in [6.45, 7) is 4.22. The Morgan fingerprint density at radius 3 is 3.04 bits per heavy atom. The summed E-state index contributed by atoms with van der Waals surface area (Å²) in [5.74, 6) is 0.907. The van der Waals surface area contributed by atoms with Gasteiger partial charge < -0.3 is 10.6 Å². The second kappa shape index (κ2) is 8.06. The van der Waals surface area contributed by atoms with E-state index >= 15 is 0 Å². The molecule has 1 saturated heterocycles. The van der Waals surface area contributed by atoms with Gasteiger partial charge >= 0.3 is 0 Å². The summed E-state index contributed by atoms with van der Waals surface area (Å²) in [5, 5.41) is 8.27. The fourth-order valence-electron chi connectivity index (χ4n) is 3.91. The maximum absolute atomic E-state index is 13.0. The van der Waals surface area contributed by atoms with E-state index in [2.05, 4.69) is 23.3 Å². The highest BCUT2D eigenvalue weighted by atomic mass is 35.5. The van der Waals surface area contributed by atoms with Crippen LogP contribution in [0, 0.1) is 5.92 Å². The number of halogens is 1. The SMILES string of the molecule is CC1CCc2sc(C(=O)N3CCCC(n4cc(CN)nn4)C3)cc2C1.Cl. The van der Waals surface area contributed by atoms with Gasteiger partial charge in [0.1, 0.15) is 0 Å². The van der Waals surface area contributed by atoms with Crippen molar-refractivity contribution >= 4 is 29.7 Å². The van der Waals surface area contributed by atoms with Crippen molar-refractivity contribution in [2.45, 2.75) is 51.6 Å². The molecule has 2 unspecified atom stereocenters. The molecule has 2 atom stereocenters. The molecule has 1 aliphatic heterocycles. The Kier molecular flexibility index (Phi) is 5.99. The lowest BCUT2D eigenvalue weighted by Gasteiger charge is -2.32. The van der Waals surface area contributed by atoms with Crippen molar-refractivity contribution in [1.29, 1.82) is 0 Å². The summed E-state index contributed by atoms with van der Waals surface area (Å²) in [6.07, 6.45) is 7.40. The quantitative estimate of drug-likeness (QED) is 0.866. The molecule has 0 saturated carbocycles. The van der Waals surface area contributed by atoms with Gasteiger partial charge in [-0.3, -0.25) is 4.79 Å². The molecule has 2 aromatic heterocycles. The smallest absolute Gasteiger partial charge is 0.264 e. The molecule has 26 heavy (non-hydrogen) atoms. The number of aryl methyl sites for hydroxylation is 1. The van der Waals surface area contributed by atoms with Crippen LogP contribution in [0.25, 0.3) is 0 Å². The van der Waals surface area contributed by atoms with Crippen LogP contribution in [-0.2, 0) is 19.4 Å². The van der Waals surface area contributed by atoms with Gasteiger partial charge in [-0.1, -0.05) is 12.1 Å². The summed E-state index contributed by atoms with van der Waals surface area (Å²) in [5.41, 5.74) is 7.81. The van der Waals surface area contributed by atoms with Crippen molar-refractivity contribution in [1.82, 2.24) is 19.9 Å². The molecule has 6 nitrogen and oxygen atoms in total. The van der Waals surface area contributed by atoms with Gasteiger partial charge in [0.05, 0.1) is 22.8 Å². The van der Waals surface area contributed by atoms with Crippen LogP contribution in [-0.4, -0.2) is 38.9 Å². The number of amides is 1. The molecule has 0 bridgehead atoms. The normalized spacial score (nSPS) is 22.6. The highest BCUT2D eigenvalue weighted by Gasteiger charge is 2.28. The number of nitrogens with two attached hydrogens (primary N) is 1. The van der Waals surface area contributed by atoms with E-state index in [0.29, 0.717) is 13.1 Å². The van der Waals surface area contributed by atoms with Gasteiger partial charge in [0.25, 0.3) is 5.91 Å². The van der Waals surface area contributed by atoms with E-state index in [4.69, 9.17) is 5.73 Å². The molecular formula is C18H26ClN5OS. The number of aromatic nitrogens is 3. The fourth-order valence-corrected chi connectivity index (χ4v) is 5.08. The van der Waals surface area contributed by atoms with E-state index in [0.717, 1.165) is 48.7 Å². The molecule has 3 heterocycles. The molecule has 2 aliphatic rings. The Bertz CT molecular complexity index is 773. The minimum absolute atomic E-state index is 0. The number of hydrogen-bond acceptors (Lipinski definition) is 5. The Labute approximate surface area is 164 Å². The van der Waals surface area contributed by atoms with E-state index in [1.165, 1.54) is 16.9 Å². The number of thiophene rings is 1. The zero-order chi connectivity index (χ0) is 17.4. The molecule has 0 aromatic carbocycles. The van der Waals surface area contributed by atoms with E-state index < -0.39 is 0 Å². The van der Waals surface area contributed by atoms with Gasteiger partial charge in [-0.2, -0.15) is 0 Å². The third-order valence-electron chi connectivity index (χ3n) is 5.36. The van der Waals surface area contributed by atoms with Crippen molar-refractivity contribution < 1.29 is 4.79 Å². The van der Waals surface area contributed by atoms with E-state index in [1.807, 2.05) is 15.8 Å². The predicted octanol–water partition coefficient (Wildman–Crippen LogP) is 2.82. The van der Waals surface area contributed by atoms with Gasteiger partial charge in [-0.25, -0.2) is 4.68 Å². The van der Waals surface area contributed by atoms with Crippen molar-refractivity contribution in [2.24, 2.45) is 11.7 Å². The summed E-state index contributed by atoms with van der Waals surface area (Å²) < 4.78 is 1.88. The average molecular weight is 396 g/mol. The zero-order valence-electron chi connectivity index (χ0n) is 15.1. The maximum atomic E-state index is 13.0. The molecule has 1 aliphatic carbocycles. The van der Waals surface area contributed by atoms with Crippen molar-refractivity contribution in [2.75, 3.05) is 13.1 Å². The number of fused-ring (bicyclic) bond motifs is 1. The lowest BCUT2D eigenvalue weighted by atomic mass is 9.90. The van der Waals surface area contributed by atoms with E-state index in [1.54, 1.807) is 11.3 Å². The third-order valence-corrected chi connectivity index (χ3v) is 6.59. The van der Waals surface area contributed by atoms with Crippen LogP contribution >= 0.6 is 23.7 Å². The van der Waals surface area contributed by atoms with Gasteiger partial charge in [0, 0.05) is 24.5 Å². The predicted molar refractivity (Wildman–Crippen MR) is 105 cm³/mol. The number of likely N-dealkylation sites (tertiary alicyclic amines) is 1. The summed E-state index contributed by atoms with van der Waals surface area (Å²) in [7, 11) is 0. The number of carbonyl (C=O) groups excluding carboxylic acids is 1. The maximum Gasteiger partial charge on any atom is 0.264 e. The summed E-state index contributed by atoms with van der Waals surface area (Å²) >= 11 is 1.70. The number of piperidine rings is 1. The topological polar surface area (TPSA) is 77.0 Å². The molecule has 1 fully saturated rings. The van der Waals surface area contributed by atoms with Crippen LogP contribution in [0.5, 0.6) is 0 Å². The van der Waals surface area contributed by atoms with E-state index in [9.17, 15) is 4.79 Å². The van der Waals surface area contributed by atoms with Gasteiger partial charge in [-0.15, -0.1) is 28.8 Å². The van der Waals surface area contributed by atoms with Crippen molar-refractivity contribution in [3.63, 3.8) is 0 Å². The van der Waals surface area contributed by atoms with Crippen LogP contribution in [0.2, 0.25) is 0 Å². The first-order chi connectivity index (χ1) is 12.1. The second-order valence-electron chi connectivity index (χ2n) is 7.35. The Morgan fingerprint density at radius 1 is 1.42 bits per heavy atom. The molecule has 8 heteroatoms. The first-order valence-electron chi connectivity index (χ1n) is 9.15. The molecule has 2 aromatic rings. The van der Waals surface area contributed by atoms with Crippen molar-refractivity contribution in [3.8, 4) is 0 Å². The lowest BCUT2D eigenvalue weighted by Crippen LogP contribution is -2.40. The molecule has 2 N–H and O–H groups in total. The average Bonchev–Trinajstić information content (AvgIpc) is 3.27. The Balaban J connectivity index is 0.00000196. The fraction of sp³-hybridized carbons (Fsp3) is 0.611. The molecule has 0 spiro atoms. The zero-order valence-corrected chi connectivity index (χ0v) is 16.7. The highest BCUT2D eigenvalue weighted by Crippen LogP contribution is 2.33. The Morgan fingerprint density at radius 2 is 2.27 bits per heavy atom. The number of carbonyl (C=O) groups is 1. The number of hydrogen-bond donors (Lipinski definition) is 1. The van der Waals surface area contributed by atoms with Crippen LogP contribution in [0.3, 0.4) is 0 Å². The second-order valence-corrected chi connectivity index (χ2v) is 8.49. The monoisotopic (exact) mass is 395 g/mol.